The molecule has 1 heterocycles. The van der Waals surface area contributed by atoms with Crippen LogP contribution in [-0.2, 0) is 24.2 Å². The van der Waals surface area contributed by atoms with Crippen LogP contribution in [0.25, 0.3) is 0 Å². The molecule has 1 N–H and O–H groups in total. The third-order valence-corrected chi connectivity index (χ3v) is 2.65. The second-order valence-electron chi connectivity index (χ2n) is 3.66. The Labute approximate surface area is 88.3 Å². The van der Waals surface area contributed by atoms with Gasteiger partial charge in [0, 0.05) is 12.0 Å². The van der Waals surface area contributed by atoms with Crippen LogP contribution in [0.3, 0.4) is 0 Å². The molecule has 15 heavy (non-hydrogen) atoms. The minimum absolute atomic E-state index is 0.178. The maximum atomic E-state index is 11.0. The molecule has 4 nitrogen and oxygen atoms in total. The maximum absolute atomic E-state index is 11.0. The molecular formula is C11H14N2O2. The predicted octanol–water partition coefficient (Wildman–Crippen LogP) is 1.36. The molecule has 0 radical (unpaired) electrons. The predicted molar refractivity (Wildman–Crippen MR) is 55.2 cm³/mol. The van der Waals surface area contributed by atoms with Crippen LogP contribution < -0.4 is 5.32 Å². The molecule has 1 aliphatic carbocycles. The number of nitrogens with zero attached hydrogens (tertiary/aromatic N) is 1. The molecule has 0 unspecified atom stereocenters. The van der Waals surface area contributed by atoms with Gasteiger partial charge >= 0.3 is 0 Å². The fourth-order valence-electron chi connectivity index (χ4n) is 1.83. The van der Waals surface area contributed by atoms with E-state index < -0.39 is 0 Å². The summed E-state index contributed by atoms with van der Waals surface area (Å²) in [5, 5.41) is 6.69. The van der Waals surface area contributed by atoms with E-state index in [1.165, 1.54) is 24.5 Å². The Morgan fingerprint density at radius 1 is 1.53 bits per heavy atom. The van der Waals surface area contributed by atoms with Crippen molar-refractivity contribution in [3.05, 3.63) is 29.7 Å². The Kier molecular flexibility index (Phi) is 2.85. The number of carbonyl (C=O) groups is 1. The first kappa shape index (κ1) is 9.96. The summed E-state index contributed by atoms with van der Waals surface area (Å²) in [6.45, 7) is 3.83. The van der Waals surface area contributed by atoms with E-state index >= 15 is 0 Å². The lowest BCUT2D eigenvalue weighted by Crippen LogP contribution is -2.21. The highest BCUT2D eigenvalue weighted by Gasteiger charge is 2.18. The molecule has 0 atom stereocenters. The summed E-state index contributed by atoms with van der Waals surface area (Å²) in [6.07, 6.45) is 5.58. The van der Waals surface area contributed by atoms with Gasteiger partial charge < -0.3 is 9.84 Å². The average molecular weight is 206 g/mol. The molecule has 1 aromatic rings. The number of amides is 1. The van der Waals surface area contributed by atoms with Gasteiger partial charge in [-0.3, -0.25) is 4.79 Å². The molecule has 0 aliphatic heterocycles. The molecule has 0 saturated carbocycles. The van der Waals surface area contributed by atoms with E-state index in [9.17, 15) is 4.79 Å². The lowest BCUT2D eigenvalue weighted by atomic mass is 9.96. The van der Waals surface area contributed by atoms with Crippen LogP contribution in [0.4, 0.5) is 0 Å². The summed E-state index contributed by atoms with van der Waals surface area (Å²) in [6, 6.07) is 0. The smallest absolute Gasteiger partial charge is 0.243 e. The molecule has 0 spiro atoms. The molecule has 1 aliphatic rings. The van der Waals surface area contributed by atoms with Crippen LogP contribution in [-0.4, -0.2) is 11.1 Å². The Morgan fingerprint density at radius 2 is 2.33 bits per heavy atom. The van der Waals surface area contributed by atoms with Crippen LogP contribution in [0.5, 0.6) is 0 Å². The van der Waals surface area contributed by atoms with Crippen molar-refractivity contribution < 1.29 is 9.32 Å². The van der Waals surface area contributed by atoms with E-state index in [4.69, 9.17) is 4.52 Å². The van der Waals surface area contributed by atoms with Gasteiger partial charge in [-0.15, -0.1) is 0 Å². The molecule has 0 bridgehead atoms. The van der Waals surface area contributed by atoms with E-state index in [0.717, 1.165) is 24.3 Å². The van der Waals surface area contributed by atoms with Crippen molar-refractivity contribution in [2.24, 2.45) is 0 Å². The molecule has 2 rings (SSSR count). The lowest BCUT2D eigenvalue weighted by Gasteiger charge is -2.09. The number of nitrogens with one attached hydrogen (secondary N) is 1. The fraction of sp³-hybridized carbons (Fsp3) is 0.455. The minimum Gasteiger partial charge on any atom is -0.361 e. The fourth-order valence-corrected chi connectivity index (χ4v) is 1.83. The second-order valence-corrected chi connectivity index (χ2v) is 3.66. The molecule has 1 aromatic heterocycles. The molecule has 4 heteroatoms. The summed E-state index contributed by atoms with van der Waals surface area (Å²) < 4.78 is 5.23. The topological polar surface area (TPSA) is 55.1 Å². The first-order valence-corrected chi connectivity index (χ1v) is 5.18. The largest absolute Gasteiger partial charge is 0.361 e. The number of hydrogen-bond donors (Lipinski definition) is 1. The number of aromatic nitrogens is 1. The number of hydrogen-bond acceptors (Lipinski definition) is 3. The number of fused-ring (bicyclic) bond motifs is 1. The quantitative estimate of drug-likeness (QED) is 0.759. The van der Waals surface area contributed by atoms with Crippen LogP contribution in [0, 0.1) is 0 Å². The van der Waals surface area contributed by atoms with Crippen LogP contribution in [0.15, 0.2) is 17.2 Å². The summed E-state index contributed by atoms with van der Waals surface area (Å²) in [5.41, 5.74) is 2.05. The van der Waals surface area contributed by atoms with Gasteiger partial charge in [0.25, 0.3) is 0 Å². The van der Waals surface area contributed by atoms with Gasteiger partial charge in [0.1, 0.15) is 11.5 Å². The van der Waals surface area contributed by atoms with Crippen molar-refractivity contribution in [3.8, 4) is 0 Å². The third kappa shape index (κ3) is 2.09. The summed E-state index contributed by atoms with van der Waals surface area (Å²) in [7, 11) is 0. The van der Waals surface area contributed by atoms with Crippen LogP contribution in [0.1, 0.15) is 29.9 Å². The van der Waals surface area contributed by atoms with E-state index in [1.54, 1.807) is 0 Å². The van der Waals surface area contributed by atoms with Crippen molar-refractivity contribution in [2.75, 3.05) is 0 Å². The molecule has 80 valence electrons. The summed E-state index contributed by atoms with van der Waals surface area (Å²) >= 11 is 0. The molecule has 0 fully saturated rings. The van der Waals surface area contributed by atoms with Gasteiger partial charge in [0.15, 0.2) is 0 Å². The van der Waals surface area contributed by atoms with Crippen LogP contribution in [0.2, 0.25) is 0 Å². The number of rotatable bonds is 3. The average Bonchev–Trinajstić information content (AvgIpc) is 2.69. The SMILES string of the molecule is C=CC(=O)NCc1noc2c1CCCC2. The van der Waals surface area contributed by atoms with E-state index in [-0.39, 0.29) is 5.91 Å². The standard InChI is InChI=1S/C11H14N2O2/c1-2-11(14)12-7-9-8-5-3-4-6-10(8)15-13-9/h2H,1,3-7H2,(H,12,14). The van der Waals surface area contributed by atoms with Gasteiger partial charge in [0.05, 0.1) is 6.54 Å². The Bertz CT molecular complexity index is 382. The number of aryl methyl sites for hydroxylation is 1. The highest BCUT2D eigenvalue weighted by Crippen LogP contribution is 2.23. The highest BCUT2D eigenvalue weighted by atomic mass is 16.5. The van der Waals surface area contributed by atoms with Crippen molar-refractivity contribution in [1.29, 1.82) is 0 Å². The molecule has 0 saturated heterocycles. The Balaban J connectivity index is 2.05. The molecule has 0 aromatic carbocycles. The monoisotopic (exact) mass is 206 g/mol. The van der Waals surface area contributed by atoms with Gasteiger partial charge in [0.2, 0.25) is 5.91 Å². The van der Waals surface area contributed by atoms with Gasteiger partial charge in [-0.25, -0.2) is 0 Å². The van der Waals surface area contributed by atoms with E-state index in [2.05, 4.69) is 17.1 Å². The van der Waals surface area contributed by atoms with Crippen molar-refractivity contribution in [2.45, 2.75) is 32.2 Å². The van der Waals surface area contributed by atoms with Crippen molar-refractivity contribution in [3.63, 3.8) is 0 Å². The van der Waals surface area contributed by atoms with Gasteiger partial charge in [-0.2, -0.15) is 0 Å². The summed E-state index contributed by atoms with van der Waals surface area (Å²) in [5.74, 6) is 0.812. The zero-order valence-electron chi connectivity index (χ0n) is 8.58. The van der Waals surface area contributed by atoms with E-state index in [1.807, 2.05) is 0 Å². The van der Waals surface area contributed by atoms with Gasteiger partial charge in [-0.05, 0) is 25.3 Å². The third-order valence-electron chi connectivity index (χ3n) is 2.65. The Morgan fingerprint density at radius 3 is 3.13 bits per heavy atom. The van der Waals surface area contributed by atoms with Gasteiger partial charge in [-0.1, -0.05) is 11.7 Å². The number of carbonyl (C=O) groups excluding carboxylic acids is 1. The zero-order valence-corrected chi connectivity index (χ0v) is 8.58. The summed E-state index contributed by atoms with van der Waals surface area (Å²) in [4.78, 5) is 11.0. The Hall–Kier alpha value is -1.58. The maximum Gasteiger partial charge on any atom is 0.243 e. The van der Waals surface area contributed by atoms with Crippen molar-refractivity contribution in [1.82, 2.24) is 10.5 Å². The highest BCUT2D eigenvalue weighted by molar-refractivity contribution is 5.86. The molecule has 1 amide bonds. The normalized spacial score (nSPS) is 14.4. The van der Waals surface area contributed by atoms with E-state index in [0.29, 0.717) is 6.54 Å². The molecular weight excluding hydrogens is 192 g/mol. The minimum atomic E-state index is -0.178. The van der Waals surface area contributed by atoms with Crippen LogP contribution >= 0.6 is 0 Å². The van der Waals surface area contributed by atoms with Crippen molar-refractivity contribution >= 4 is 5.91 Å². The zero-order chi connectivity index (χ0) is 10.7. The lowest BCUT2D eigenvalue weighted by molar-refractivity contribution is -0.116. The first-order valence-electron chi connectivity index (χ1n) is 5.18. The first-order chi connectivity index (χ1) is 7.31. The second kappa shape index (κ2) is 4.29.